The molecule has 0 aromatic carbocycles. The summed E-state index contributed by atoms with van der Waals surface area (Å²) < 4.78 is 14.3. The van der Waals surface area contributed by atoms with Crippen molar-refractivity contribution in [3.05, 3.63) is 32.7 Å². The molecule has 1 aromatic rings. The van der Waals surface area contributed by atoms with Gasteiger partial charge in [0.25, 0.3) is 5.56 Å². The predicted octanol–water partition coefficient (Wildman–Crippen LogP) is 2.80. The average molecular weight is 334 g/mol. The summed E-state index contributed by atoms with van der Waals surface area (Å²) in [5, 5.41) is 0. The van der Waals surface area contributed by atoms with E-state index in [1.165, 1.54) is 4.57 Å². The third-order valence-electron chi connectivity index (χ3n) is 2.82. The Morgan fingerprint density at radius 2 is 2.00 bits per heavy atom. The topological polar surface area (TPSA) is 39.1 Å². The maximum Gasteiger partial charge on any atom is 0.250 e. The molecule has 0 bridgehead atoms. The molecule has 0 aliphatic heterocycles. The van der Waals surface area contributed by atoms with Gasteiger partial charge in [0.05, 0.1) is 0 Å². The molecule has 18 heavy (non-hydrogen) atoms. The molecule has 1 aromatic heterocycles. The van der Waals surface area contributed by atoms with Gasteiger partial charge in [0.2, 0.25) is 0 Å². The van der Waals surface area contributed by atoms with Crippen molar-refractivity contribution in [3.63, 3.8) is 0 Å². The van der Waals surface area contributed by atoms with Crippen molar-refractivity contribution in [1.82, 2.24) is 4.57 Å². The molecule has 2 unspecified atom stereocenters. The lowest BCUT2D eigenvalue weighted by atomic mass is 10.1. The second-order valence-corrected chi connectivity index (χ2v) is 8.65. The number of hydrogen-bond acceptors (Lipinski definition) is 2. The van der Waals surface area contributed by atoms with Crippen LogP contribution in [0.15, 0.2) is 21.5 Å². The molecule has 1 heterocycles. The van der Waals surface area contributed by atoms with Crippen LogP contribution in [0.1, 0.15) is 39.2 Å². The molecule has 0 saturated carbocycles. The lowest BCUT2D eigenvalue weighted by Gasteiger charge is -2.21. The van der Waals surface area contributed by atoms with Gasteiger partial charge in [0, 0.05) is 45.1 Å². The fourth-order valence-corrected chi connectivity index (χ4v) is 3.50. The summed E-state index contributed by atoms with van der Waals surface area (Å²) in [5.74, 6) is 0.656. The first-order chi connectivity index (χ1) is 8.12. The number of aromatic nitrogens is 1. The van der Waals surface area contributed by atoms with E-state index in [0.717, 1.165) is 10.0 Å². The largest absolute Gasteiger partial charge is 0.317 e. The Morgan fingerprint density at radius 3 is 2.50 bits per heavy atom. The fraction of sp³-hybridized carbons (Fsp3) is 0.615. The maximum absolute atomic E-state index is 12.1. The standard InChI is InChI=1S/C13H20BrNO2S/c1-9(8-18(17)13(2,3)4)10-6-12(16)15(5)7-11(10)14/h6-7,9H,8H2,1-5H3. The highest BCUT2D eigenvalue weighted by molar-refractivity contribution is 9.10. The minimum Gasteiger partial charge on any atom is -0.317 e. The Bertz CT molecular complexity index is 517. The zero-order valence-electron chi connectivity index (χ0n) is 11.5. The molecule has 0 aliphatic carbocycles. The summed E-state index contributed by atoms with van der Waals surface area (Å²) >= 11 is 3.46. The van der Waals surface area contributed by atoms with Crippen molar-refractivity contribution in [2.75, 3.05) is 5.75 Å². The zero-order valence-corrected chi connectivity index (χ0v) is 13.9. The summed E-state index contributed by atoms with van der Waals surface area (Å²) in [5.41, 5.74) is 0.886. The lowest BCUT2D eigenvalue weighted by Crippen LogP contribution is -2.27. The van der Waals surface area contributed by atoms with E-state index in [9.17, 15) is 9.00 Å². The fourth-order valence-electron chi connectivity index (χ4n) is 1.56. The molecule has 0 fully saturated rings. The molecule has 0 N–H and O–H groups in total. The van der Waals surface area contributed by atoms with Gasteiger partial charge < -0.3 is 4.57 Å². The van der Waals surface area contributed by atoms with Crippen LogP contribution in [-0.4, -0.2) is 19.3 Å². The zero-order chi connectivity index (χ0) is 14.1. The van der Waals surface area contributed by atoms with Crippen LogP contribution in [0.25, 0.3) is 0 Å². The van der Waals surface area contributed by atoms with Gasteiger partial charge in [-0.15, -0.1) is 0 Å². The number of halogens is 1. The molecule has 3 nitrogen and oxygen atoms in total. The molecule has 1 rings (SSSR count). The minimum atomic E-state index is -0.918. The molecule has 5 heteroatoms. The van der Waals surface area contributed by atoms with E-state index in [4.69, 9.17) is 0 Å². The SMILES string of the molecule is CC(CS(=O)C(C)(C)C)c1cc(=O)n(C)cc1Br. The van der Waals surface area contributed by atoms with Crippen LogP contribution in [-0.2, 0) is 17.8 Å². The van der Waals surface area contributed by atoms with E-state index >= 15 is 0 Å². The summed E-state index contributed by atoms with van der Waals surface area (Å²) in [6.45, 7) is 7.90. The van der Waals surface area contributed by atoms with Crippen LogP contribution in [0.4, 0.5) is 0 Å². The van der Waals surface area contributed by atoms with E-state index in [0.29, 0.717) is 5.75 Å². The number of aryl methyl sites for hydroxylation is 1. The van der Waals surface area contributed by atoms with E-state index in [2.05, 4.69) is 15.9 Å². The molecule has 0 amide bonds. The third-order valence-corrected chi connectivity index (χ3v) is 5.66. The molecular weight excluding hydrogens is 314 g/mol. The molecule has 0 aliphatic rings. The van der Waals surface area contributed by atoms with Gasteiger partial charge in [-0.1, -0.05) is 6.92 Å². The van der Waals surface area contributed by atoms with Crippen molar-refractivity contribution in [3.8, 4) is 0 Å². The lowest BCUT2D eigenvalue weighted by molar-refractivity contribution is 0.642. The predicted molar refractivity (Wildman–Crippen MR) is 80.6 cm³/mol. The highest BCUT2D eigenvalue weighted by atomic mass is 79.9. The average Bonchev–Trinajstić information content (AvgIpc) is 2.21. The molecule has 2 atom stereocenters. The third kappa shape index (κ3) is 3.79. The van der Waals surface area contributed by atoms with E-state index < -0.39 is 10.8 Å². The molecule has 0 radical (unpaired) electrons. The van der Waals surface area contributed by atoms with Crippen molar-refractivity contribution in [2.45, 2.75) is 38.4 Å². The van der Waals surface area contributed by atoms with Crippen LogP contribution >= 0.6 is 15.9 Å². The van der Waals surface area contributed by atoms with Gasteiger partial charge in [-0.25, -0.2) is 0 Å². The normalized spacial score (nSPS) is 15.4. The van der Waals surface area contributed by atoms with Gasteiger partial charge in [0.1, 0.15) is 0 Å². The molecule has 0 spiro atoms. The van der Waals surface area contributed by atoms with Crippen LogP contribution in [0.2, 0.25) is 0 Å². The van der Waals surface area contributed by atoms with Crippen LogP contribution in [0.5, 0.6) is 0 Å². The minimum absolute atomic E-state index is 0.0402. The second kappa shape index (κ2) is 5.70. The van der Waals surface area contributed by atoms with E-state index in [1.807, 2.05) is 27.7 Å². The smallest absolute Gasteiger partial charge is 0.250 e. The Morgan fingerprint density at radius 1 is 1.44 bits per heavy atom. The first kappa shape index (κ1) is 15.6. The number of rotatable bonds is 3. The monoisotopic (exact) mass is 333 g/mol. The van der Waals surface area contributed by atoms with Gasteiger partial charge in [-0.05, 0) is 48.2 Å². The molecule has 0 saturated heterocycles. The van der Waals surface area contributed by atoms with Crippen molar-refractivity contribution in [2.24, 2.45) is 7.05 Å². The highest BCUT2D eigenvalue weighted by Crippen LogP contribution is 2.26. The van der Waals surface area contributed by atoms with Crippen LogP contribution in [0, 0.1) is 0 Å². The Hall–Kier alpha value is -0.420. The maximum atomic E-state index is 12.1. The van der Waals surface area contributed by atoms with E-state index in [1.54, 1.807) is 19.3 Å². The Kier molecular flexibility index (Phi) is 4.95. The molecular formula is C13H20BrNO2S. The quantitative estimate of drug-likeness (QED) is 0.853. The van der Waals surface area contributed by atoms with Gasteiger partial charge in [-0.2, -0.15) is 0 Å². The van der Waals surface area contributed by atoms with Crippen LogP contribution in [0.3, 0.4) is 0 Å². The first-order valence-electron chi connectivity index (χ1n) is 5.87. The van der Waals surface area contributed by atoms with Gasteiger partial charge in [0.15, 0.2) is 0 Å². The summed E-state index contributed by atoms with van der Waals surface area (Å²) in [4.78, 5) is 11.6. The van der Waals surface area contributed by atoms with Gasteiger partial charge in [-0.3, -0.25) is 9.00 Å². The van der Waals surface area contributed by atoms with Crippen molar-refractivity contribution < 1.29 is 4.21 Å². The number of pyridine rings is 1. The van der Waals surface area contributed by atoms with Crippen molar-refractivity contribution in [1.29, 1.82) is 0 Å². The summed E-state index contributed by atoms with van der Waals surface area (Å²) in [7, 11) is 0.799. The Balaban J connectivity index is 2.99. The number of hydrogen-bond donors (Lipinski definition) is 0. The second-order valence-electron chi connectivity index (χ2n) is 5.55. The molecule has 102 valence electrons. The van der Waals surface area contributed by atoms with Crippen LogP contribution < -0.4 is 5.56 Å². The summed E-state index contributed by atoms with van der Waals surface area (Å²) in [6, 6.07) is 1.62. The van der Waals surface area contributed by atoms with E-state index in [-0.39, 0.29) is 16.2 Å². The Labute approximate surface area is 119 Å². The first-order valence-corrected chi connectivity index (χ1v) is 7.98. The summed E-state index contributed by atoms with van der Waals surface area (Å²) in [6.07, 6.45) is 1.76. The van der Waals surface area contributed by atoms with Crippen molar-refractivity contribution >= 4 is 26.7 Å². The number of nitrogens with zero attached hydrogens (tertiary/aromatic N) is 1. The van der Waals surface area contributed by atoms with Gasteiger partial charge >= 0.3 is 0 Å². The highest BCUT2D eigenvalue weighted by Gasteiger charge is 2.23.